The fourth-order valence-electron chi connectivity index (χ4n) is 6.85. The van der Waals surface area contributed by atoms with Crippen LogP contribution in [0, 0.1) is 0 Å². The lowest BCUT2D eigenvalue weighted by atomic mass is 10.1. The Balaban J connectivity index is 1.00. The first kappa shape index (κ1) is 39.2. The van der Waals surface area contributed by atoms with Crippen molar-refractivity contribution < 1.29 is 33.4 Å². The molecular weight excluding hydrogens is 716 g/mol. The molecule has 3 heterocycles. The zero-order chi connectivity index (χ0) is 39.4. The Morgan fingerprint density at radius 1 is 0.946 bits per heavy atom. The van der Waals surface area contributed by atoms with Gasteiger partial charge < -0.3 is 50.3 Å². The molecule has 0 spiro atoms. The van der Waals surface area contributed by atoms with Gasteiger partial charge in [0.1, 0.15) is 36.9 Å². The molecule has 0 bridgehead atoms. The van der Waals surface area contributed by atoms with Crippen molar-refractivity contribution in [3.05, 3.63) is 114 Å². The highest BCUT2D eigenvalue weighted by molar-refractivity contribution is 5.87. The van der Waals surface area contributed by atoms with E-state index in [0.717, 1.165) is 47.3 Å². The molecule has 3 atom stereocenters. The number of amides is 4. The van der Waals surface area contributed by atoms with E-state index in [-0.39, 0.29) is 37.1 Å². The molecule has 2 aliphatic heterocycles. The van der Waals surface area contributed by atoms with E-state index in [1.165, 1.54) is 14.2 Å². The molecule has 15 heteroatoms. The Morgan fingerprint density at radius 2 is 1.68 bits per heavy atom. The molecule has 3 aromatic carbocycles. The molecule has 4 amide bonds. The number of aromatic amines is 1. The summed E-state index contributed by atoms with van der Waals surface area (Å²) in [6.07, 6.45) is 4.69. The number of carbonyl (C=O) groups excluding carboxylic acids is 4. The molecule has 15 nitrogen and oxygen atoms in total. The monoisotopic (exact) mass is 764 g/mol. The molecule has 4 aromatic rings. The smallest absolute Gasteiger partial charge is 0.407 e. The zero-order valence-corrected chi connectivity index (χ0v) is 31.7. The SMILES string of the molecule is CCCN(Cc1ncc(-c2ccc(OCc3ccc(C4=CNC([C@@H]5CCCN5C(=O)CNC(=O)OC)N4)cc3)cc2)[nH]1)C(=O)[C@H](NC(=O)OC)c1ccccc1. The average molecular weight is 765 g/mol. The fraction of sp³-hybridized carbons (Fsp3) is 0.341. The van der Waals surface area contributed by atoms with Gasteiger partial charge >= 0.3 is 12.2 Å². The highest BCUT2D eigenvalue weighted by Crippen LogP contribution is 2.26. The molecule has 1 aromatic heterocycles. The van der Waals surface area contributed by atoms with Gasteiger partial charge in [-0.3, -0.25) is 9.59 Å². The summed E-state index contributed by atoms with van der Waals surface area (Å²) < 4.78 is 15.5. The summed E-state index contributed by atoms with van der Waals surface area (Å²) in [6, 6.07) is 24.0. The molecule has 2 aliphatic rings. The Bertz CT molecular complexity index is 1980. The van der Waals surface area contributed by atoms with Crippen LogP contribution >= 0.6 is 0 Å². The molecule has 294 valence electrons. The number of carbonyl (C=O) groups is 4. The standard InChI is InChI=1S/C41H48N8O7/c1-4-20-48(39(51)37(47-41(53)55-3)30-9-6-5-7-10-30)25-35-42-22-32(45-35)29-16-18-31(19-17-29)56-26-27-12-14-28(15-13-27)33-23-43-38(46-33)34-11-8-21-49(34)36(50)24-44-40(52)54-2/h5-7,9-10,12-19,22-23,34,37-38,43,46H,4,8,11,20-21,24-26H2,1-3H3,(H,42,45)(H,44,52)(H,47,53)/t34-,37+,38?/m0/s1. The Hall–Kier alpha value is -6.51. The maximum Gasteiger partial charge on any atom is 0.407 e. The minimum atomic E-state index is -0.902. The molecule has 56 heavy (non-hydrogen) atoms. The number of aromatic nitrogens is 2. The lowest BCUT2D eigenvalue weighted by Crippen LogP contribution is -2.53. The van der Waals surface area contributed by atoms with Crippen molar-refractivity contribution in [2.45, 2.75) is 57.6 Å². The third kappa shape index (κ3) is 9.77. The van der Waals surface area contributed by atoms with Crippen LogP contribution in [0.1, 0.15) is 54.7 Å². The number of H-pyrrole nitrogens is 1. The maximum atomic E-state index is 13.7. The largest absolute Gasteiger partial charge is 0.489 e. The minimum absolute atomic E-state index is 0.0478. The van der Waals surface area contributed by atoms with E-state index in [1.54, 1.807) is 28.1 Å². The lowest BCUT2D eigenvalue weighted by molar-refractivity contribution is -0.134. The van der Waals surface area contributed by atoms with Gasteiger partial charge in [-0.1, -0.05) is 61.5 Å². The second-order valence-corrected chi connectivity index (χ2v) is 13.5. The first-order chi connectivity index (χ1) is 27.3. The van der Waals surface area contributed by atoms with Crippen molar-refractivity contribution in [2.24, 2.45) is 0 Å². The Morgan fingerprint density at radius 3 is 2.39 bits per heavy atom. The lowest BCUT2D eigenvalue weighted by Gasteiger charge is -2.30. The first-order valence-corrected chi connectivity index (χ1v) is 18.6. The van der Waals surface area contributed by atoms with E-state index in [9.17, 15) is 19.2 Å². The molecule has 1 fully saturated rings. The molecule has 1 saturated heterocycles. The molecular formula is C41H48N8O7. The van der Waals surface area contributed by atoms with Gasteiger partial charge in [-0.05, 0) is 65.8 Å². The van der Waals surface area contributed by atoms with Crippen LogP contribution < -0.4 is 26.0 Å². The number of imidazole rings is 1. The summed E-state index contributed by atoms with van der Waals surface area (Å²) >= 11 is 0. The molecule has 6 rings (SSSR count). The summed E-state index contributed by atoms with van der Waals surface area (Å²) in [6.45, 7) is 3.63. The fourth-order valence-corrected chi connectivity index (χ4v) is 6.85. The van der Waals surface area contributed by atoms with Crippen LogP contribution in [0.25, 0.3) is 17.0 Å². The van der Waals surface area contributed by atoms with Gasteiger partial charge in [0, 0.05) is 19.3 Å². The number of nitrogens with one attached hydrogen (secondary N) is 5. The van der Waals surface area contributed by atoms with Gasteiger partial charge in [-0.2, -0.15) is 0 Å². The quantitative estimate of drug-likeness (QED) is 0.114. The normalized spacial score (nSPS) is 16.5. The number of ether oxygens (including phenoxy) is 3. The van der Waals surface area contributed by atoms with Crippen LogP contribution in [0.5, 0.6) is 5.75 Å². The van der Waals surface area contributed by atoms with E-state index in [0.29, 0.717) is 36.8 Å². The Kier molecular flexibility index (Phi) is 13.1. The minimum Gasteiger partial charge on any atom is -0.489 e. The number of hydrogen-bond acceptors (Lipinski definition) is 10. The highest BCUT2D eigenvalue weighted by Gasteiger charge is 2.36. The van der Waals surface area contributed by atoms with Gasteiger partial charge in [-0.25, -0.2) is 14.6 Å². The van der Waals surface area contributed by atoms with E-state index in [1.807, 2.05) is 79.9 Å². The van der Waals surface area contributed by atoms with Crippen LogP contribution in [0.2, 0.25) is 0 Å². The number of rotatable bonds is 15. The van der Waals surface area contributed by atoms with E-state index >= 15 is 0 Å². The third-order valence-electron chi connectivity index (χ3n) is 9.73. The van der Waals surface area contributed by atoms with Crippen LogP contribution in [-0.2, 0) is 32.2 Å². The van der Waals surface area contributed by atoms with Crippen LogP contribution in [-0.4, -0.2) is 89.8 Å². The number of alkyl carbamates (subject to hydrolysis) is 2. The summed E-state index contributed by atoms with van der Waals surface area (Å²) in [5.74, 6) is 0.928. The van der Waals surface area contributed by atoms with Gasteiger partial charge in [0.2, 0.25) is 11.8 Å². The number of methoxy groups -OCH3 is 2. The topological polar surface area (TPSA) is 179 Å². The van der Waals surface area contributed by atoms with E-state index in [4.69, 9.17) is 9.47 Å². The van der Waals surface area contributed by atoms with Gasteiger partial charge in [-0.15, -0.1) is 0 Å². The number of likely N-dealkylation sites (tertiary alicyclic amines) is 1. The molecule has 0 saturated carbocycles. The predicted octanol–water partition coefficient (Wildman–Crippen LogP) is 4.66. The first-order valence-electron chi connectivity index (χ1n) is 18.6. The number of hydrogen-bond donors (Lipinski definition) is 5. The number of benzene rings is 3. The molecule has 0 radical (unpaired) electrons. The van der Waals surface area contributed by atoms with Crippen molar-refractivity contribution in [3.8, 4) is 17.0 Å². The second-order valence-electron chi connectivity index (χ2n) is 13.5. The zero-order valence-electron chi connectivity index (χ0n) is 31.7. The summed E-state index contributed by atoms with van der Waals surface area (Å²) in [7, 11) is 2.54. The molecule has 0 aliphatic carbocycles. The summed E-state index contributed by atoms with van der Waals surface area (Å²) in [5, 5.41) is 12.0. The Labute approximate surface area is 325 Å². The summed E-state index contributed by atoms with van der Waals surface area (Å²) in [4.78, 5) is 61.4. The van der Waals surface area contributed by atoms with Gasteiger partial charge in [0.05, 0.1) is 44.4 Å². The highest BCUT2D eigenvalue weighted by atomic mass is 16.5. The van der Waals surface area contributed by atoms with Crippen LogP contribution in [0.4, 0.5) is 9.59 Å². The molecule has 1 unspecified atom stereocenters. The molecule has 5 N–H and O–H groups in total. The van der Waals surface area contributed by atoms with Crippen molar-refractivity contribution in [3.63, 3.8) is 0 Å². The van der Waals surface area contributed by atoms with Crippen molar-refractivity contribution >= 4 is 29.7 Å². The average Bonchev–Trinajstić information content (AvgIpc) is 4.03. The third-order valence-corrected chi connectivity index (χ3v) is 9.73. The van der Waals surface area contributed by atoms with Crippen LogP contribution in [0.15, 0.2) is 91.3 Å². The second kappa shape index (κ2) is 18.7. The summed E-state index contributed by atoms with van der Waals surface area (Å²) in [5.41, 5.74) is 5.32. The van der Waals surface area contributed by atoms with Crippen molar-refractivity contribution in [1.82, 2.24) is 41.0 Å². The van der Waals surface area contributed by atoms with Gasteiger partial charge in [0.15, 0.2) is 0 Å². The number of nitrogens with zero attached hydrogens (tertiary/aromatic N) is 3. The predicted molar refractivity (Wildman–Crippen MR) is 208 cm³/mol. The van der Waals surface area contributed by atoms with Crippen molar-refractivity contribution in [1.29, 1.82) is 0 Å². The van der Waals surface area contributed by atoms with E-state index < -0.39 is 18.2 Å². The van der Waals surface area contributed by atoms with Gasteiger partial charge in [0.25, 0.3) is 0 Å². The maximum absolute atomic E-state index is 13.7. The van der Waals surface area contributed by atoms with Crippen molar-refractivity contribution in [2.75, 3.05) is 33.9 Å². The van der Waals surface area contributed by atoms with E-state index in [2.05, 4.69) is 36.0 Å². The van der Waals surface area contributed by atoms with Crippen LogP contribution in [0.3, 0.4) is 0 Å².